The molecule has 2 aromatic heterocycles. The lowest BCUT2D eigenvalue weighted by Gasteiger charge is -2.25. The molecule has 0 unspecified atom stereocenters. The topological polar surface area (TPSA) is 73.8 Å². The lowest BCUT2D eigenvalue weighted by Crippen LogP contribution is -2.22. The highest BCUT2D eigenvalue weighted by Gasteiger charge is 2.25. The summed E-state index contributed by atoms with van der Waals surface area (Å²) >= 11 is 3.53. The zero-order chi connectivity index (χ0) is 20.8. The molecule has 0 bridgehead atoms. The zero-order valence-electron chi connectivity index (χ0n) is 16.7. The highest BCUT2D eigenvalue weighted by atomic mass is 79.9. The molecular formula is C22H21BrN4O2. The first-order valence-electron chi connectivity index (χ1n) is 9.44. The minimum absolute atomic E-state index is 0.0329. The lowest BCUT2D eigenvalue weighted by atomic mass is 10.0. The number of ketones is 1. The van der Waals surface area contributed by atoms with Crippen LogP contribution in [0.4, 0.5) is 0 Å². The summed E-state index contributed by atoms with van der Waals surface area (Å²) in [5, 5.41) is 4.05. The Labute approximate surface area is 177 Å². The van der Waals surface area contributed by atoms with Gasteiger partial charge in [0, 0.05) is 27.6 Å². The number of carbonyl (C=O) groups is 1. The van der Waals surface area contributed by atoms with Crippen LogP contribution in [0.2, 0.25) is 0 Å². The molecule has 0 fully saturated rings. The predicted molar refractivity (Wildman–Crippen MR) is 116 cm³/mol. The molecule has 0 aliphatic carbocycles. The van der Waals surface area contributed by atoms with Gasteiger partial charge in [-0.25, -0.2) is 4.98 Å². The van der Waals surface area contributed by atoms with E-state index in [1.54, 1.807) is 6.92 Å². The van der Waals surface area contributed by atoms with Crippen molar-refractivity contribution >= 4 is 32.7 Å². The molecule has 0 saturated heterocycles. The van der Waals surface area contributed by atoms with E-state index in [9.17, 15) is 4.79 Å². The van der Waals surface area contributed by atoms with Crippen molar-refractivity contribution in [1.82, 2.24) is 19.7 Å². The van der Waals surface area contributed by atoms with E-state index in [0.717, 1.165) is 32.5 Å². The van der Waals surface area contributed by atoms with Gasteiger partial charge < -0.3 is 9.09 Å². The van der Waals surface area contributed by atoms with Gasteiger partial charge in [0.15, 0.2) is 0 Å². The zero-order valence-corrected chi connectivity index (χ0v) is 18.3. The predicted octanol–water partition coefficient (Wildman–Crippen LogP) is 5.86. The van der Waals surface area contributed by atoms with Gasteiger partial charge in [-0.1, -0.05) is 52.3 Å². The van der Waals surface area contributed by atoms with Gasteiger partial charge in [-0.05, 0) is 39.0 Å². The van der Waals surface area contributed by atoms with Gasteiger partial charge >= 0.3 is 0 Å². The molecule has 4 rings (SSSR count). The summed E-state index contributed by atoms with van der Waals surface area (Å²) in [6, 6.07) is 13.9. The van der Waals surface area contributed by atoms with Crippen LogP contribution in [-0.4, -0.2) is 25.5 Å². The smallest absolute Gasteiger partial charge is 0.294 e. The number of benzene rings is 2. The summed E-state index contributed by atoms with van der Waals surface area (Å²) in [5.74, 6) is 1.05. The van der Waals surface area contributed by atoms with Gasteiger partial charge in [-0.3, -0.25) is 4.79 Å². The second-order valence-electron chi connectivity index (χ2n) is 7.82. The molecule has 29 heavy (non-hydrogen) atoms. The number of imidazole rings is 1. The molecule has 6 nitrogen and oxygen atoms in total. The van der Waals surface area contributed by atoms with Crippen LogP contribution in [0.15, 0.2) is 51.5 Å². The summed E-state index contributed by atoms with van der Waals surface area (Å²) in [5.41, 5.74) is 3.39. The Morgan fingerprint density at radius 2 is 1.83 bits per heavy atom. The van der Waals surface area contributed by atoms with Gasteiger partial charge in [-0.2, -0.15) is 4.98 Å². The molecule has 2 aromatic carbocycles. The molecule has 2 heterocycles. The largest absolute Gasteiger partial charge is 0.330 e. The van der Waals surface area contributed by atoms with Crippen LogP contribution in [0.1, 0.15) is 44.8 Å². The summed E-state index contributed by atoms with van der Waals surface area (Å²) in [4.78, 5) is 21.2. The van der Waals surface area contributed by atoms with Crippen LogP contribution < -0.4 is 0 Å². The summed E-state index contributed by atoms with van der Waals surface area (Å²) in [7, 11) is 0. The monoisotopic (exact) mass is 452 g/mol. The molecule has 0 spiro atoms. The van der Waals surface area contributed by atoms with E-state index in [2.05, 4.69) is 57.5 Å². The van der Waals surface area contributed by atoms with E-state index in [4.69, 9.17) is 9.51 Å². The molecule has 0 atom stereocenters. The summed E-state index contributed by atoms with van der Waals surface area (Å²) in [6.45, 7) is 8.21. The van der Waals surface area contributed by atoms with E-state index in [-0.39, 0.29) is 17.2 Å². The molecule has 7 heteroatoms. The first-order chi connectivity index (χ1) is 13.8. The van der Waals surface area contributed by atoms with Crippen molar-refractivity contribution in [3.8, 4) is 22.8 Å². The molecule has 0 N–H and O–H groups in total. The highest BCUT2D eigenvalue weighted by Crippen LogP contribution is 2.36. The number of rotatable bonds is 4. The molecule has 4 aromatic rings. The number of Topliss-reactive ketones (excluding diaryl/α,β-unsaturated/α-hetero) is 1. The Balaban J connectivity index is 1.96. The number of carbonyl (C=O) groups excluding carboxylic acids is 1. The minimum Gasteiger partial charge on any atom is -0.330 e. The van der Waals surface area contributed by atoms with Gasteiger partial charge in [-0.15, -0.1) is 0 Å². The van der Waals surface area contributed by atoms with Crippen LogP contribution in [0.3, 0.4) is 0 Å². The Morgan fingerprint density at radius 3 is 2.52 bits per heavy atom. The van der Waals surface area contributed by atoms with E-state index >= 15 is 0 Å². The number of aromatic nitrogens is 4. The Morgan fingerprint density at radius 1 is 1.10 bits per heavy atom. The molecule has 0 saturated carbocycles. The lowest BCUT2D eigenvalue weighted by molar-refractivity contribution is 0.0946. The van der Waals surface area contributed by atoms with E-state index in [1.807, 2.05) is 36.4 Å². The average molecular weight is 453 g/mol. The van der Waals surface area contributed by atoms with E-state index in [1.165, 1.54) is 0 Å². The fraction of sp³-hybridized carbons (Fsp3) is 0.273. The third-order valence-electron chi connectivity index (χ3n) is 4.68. The van der Waals surface area contributed by atoms with Gasteiger partial charge in [0.05, 0.1) is 11.0 Å². The van der Waals surface area contributed by atoms with Crippen LogP contribution >= 0.6 is 15.9 Å². The minimum atomic E-state index is -0.203. The average Bonchev–Trinajstić information content (AvgIpc) is 3.31. The van der Waals surface area contributed by atoms with E-state index < -0.39 is 0 Å². The standard InChI is InChI=1S/C22H21BrN4O2/c1-5-18(28)21-25-19(26-29-21)14-8-6-7-9-15(14)20-24-16-12-13(23)10-11-17(16)27(20)22(2,3)4/h6-12H,5H2,1-4H3. The van der Waals surface area contributed by atoms with Gasteiger partial charge in [0.25, 0.3) is 5.89 Å². The second kappa shape index (κ2) is 7.22. The van der Waals surface area contributed by atoms with Crippen molar-refractivity contribution in [3.63, 3.8) is 0 Å². The molecule has 0 amide bonds. The summed E-state index contributed by atoms with van der Waals surface area (Å²) in [6.07, 6.45) is 0.317. The van der Waals surface area contributed by atoms with Crippen molar-refractivity contribution in [2.45, 2.75) is 39.7 Å². The second-order valence-corrected chi connectivity index (χ2v) is 8.74. The third kappa shape index (κ3) is 3.51. The van der Waals surface area contributed by atoms with Crippen LogP contribution in [0, 0.1) is 0 Å². The molecular weight excluding hydrogens is 432 g/mol. The van der Waals surface area contributed by atoms with Crippen molar-refractivity contribution in [2.24, 2.45) is 0 Å². The number of nitrogens with zero attached hydrogens (tertiary/aromatic N) is 4. The fourth-order valence-electron chi connectivity index (χ4n) is 3.38. The maximum atomic E-state index is 11.9. The number of hydrogen-bond donors (Lipinski definition) is 0. The van der Waals surface area contributed by atoms with Crippen molar-refractivity contribution in [1.29, 1.82) is 0 Å². The quantitative estimate of drug-likeness (QED) is 0.362. The SMILES string of the molecule is CCC(=O)c1nc(-c2ccccc2-c2nc3cc(Br)ccc3n2C(C)(C)C)no1. The summed E-state index contributed by atoms with van der Waals surface area (Å²) < 4.78 is 8.38. The molecule has 0 radical (unpaired) electrons. The van der Waals surface area contributed by atoms with Gasteiger partial charge in [0.1, 0.15) is 5.82 Å². The Kier molecular flexibility index (Phi) is 4.86. The first-order valence-corrected chi connectivity index (χ1v) is 10.2. The number of fused-ring (bicyclic) bond motifs is 1. The third-order valence-corrected chi connectivity index (χ3v) is 5.18. The van der Waals surface area contributed by atoms with Crippen LogP contribution in [0.25, 0.3) is 33.8 Å². The van der Waals surface area contributed by atoms with Crippen molar-refractivity contribution in [3.05, 3.63) is 52.8 Å². The Hall–Kier alpha value is -2.80. The van der Waals surface area contributed by atoms with E-state index in [0.29, 0.717) is 12.2 Å². The molecule has 0 aliphatic rings. The Bertz CT molecular complexity index is 1220. The first kappa shape index (κ1) is 19.5. The van der Waals surface area contributed by atoms with Crippen molar-refractivity contribution in [2.75, 3.05) is 0 Å². The molecule has 0 aliphatic heterocycles. The number of halogens is 1. The fourth-order valence-corrected chi connectivity index (χ4v) is 3.73. The maximum Gasteiger partial charge on any atom is 0.294 e. The van der Waals surface area contributed by atoms with Gasteiger partial charge in [0.2, 0.25) is 11.6 Å². The highest BCUT2D eigenvalue weighted by molar-refractivity contribution is 9.10. The normalized spacial score (nSPS) is 11.9. The van der Waals surface area contributed by atoms with Crippen LogP contribution in [-0.2, 0) is 5.54 Å². The molecule has 148 valence electrons. The maximum absolute atomic E-state index is 11.9. The number of hydrogen-bond acceptors (Lipinski definition) is 5. The van der Waals surface area contributed by atoms with Crippen LogP contribution in [0.5, 0.6) is 0 Å². The van der Waals surface area contributed by atoms with Crippen molar-refractivity contribution < 1.29 is 9.32 Å².